The van der Waals surface area contributed by atoms with Gasteiger partial charge in [0.1, 0.15) is 5.69 Å². The molecule has 2 aromatic carbocycles. The van der Waals surface area contributed by atoms with E-state index in [0.717, 1.165) is 5.56 Å². The predicted octanol–water partition coefficient (Wildman–Crippen LogP) is 1.39. The number of nitrogens with zero attached hydrogens (tertiary/aromatic N) is 1. The number of anilines is 2. The summed E-state index contributed by atoms with van der Waals surface area (Å²) in [5, 5.41) is 5.62. The smallest absolute Gasteiger partial charge is 0.355 e. The first-order valence-electron chi connectivity index (χ1n) is 9.67. The van der Waals surface area contributed by atoms with Crippen molar-refractivity contribution in [2.45, 2.75) is 0 Å². The van der Waals surface area contributed by atoms with E-state index in [1.54, 1.807) is 12.1 Å². The second-order valence-corrected chi connectivity index (χ2v) is 6.68. The molecule has 0 spiro atoms. The lowest BCUT2D eigenvalue weighted by atomic mass is 10.0. The molecule has 0 bridgehead atoms. The van der Waals surface area contributed by atoms with Gasteiger partial charge in [0.15, 0.2) is 18.2 Å². The van der Waals surface area contributed by atoms with Crippen molar-refractivity contribution in [3.63, 3.8) is 0 Å². The number of urea groups is 1. The molecule has 4 rings (SSSR count). The highest BCUT2D eigenvalue weighted by Crippen LogP contribution is 2.34. The quantitative estimate of drug-likeness (QED) is 0.318. The molecule has 162 valence electrons. The Kier molecular flexibility index (Phi) is 7.25. The Bertz CT molecular complexity index is 1200. The third-order valence-corrected chi connectivity index (χ3v) is 4.67. The van der Waals surface area contributed by atoms with E-state index in [9.17, 15) is 9.59 Å². The molecule has 0 aliphatic heterocycles. The Morgan fingerprint density at radius 1 is 0.844 bits per heavy atom. The number of benzene rings is 2. The van der Waals surface area contributed by atoms with Crippen LogP contribution in [-0.4, -0.2) is 24.1 Å². The molecule has 4 aromatic rings. The number of aromatic amines is 1. The number of esters is 1. The van der Waals surface area contributed by atoms with Gasteiger partial charge in [-0.1, -0.05) is 54.6 Å². The predicted molar refractivity (Wildman–Crippen MR) is 118 cm³/mol. The van der Waals surface area contributed by atoms with Crippen LogP contribution >= 0.6 is 0 Å². The molecule has 0 saturated heterocycles. The number of carbonyl (C=O) groups is 2. The summed E-state index contributed by atoms with van der Waals surface area (Å²) in [6.45, 7) is 0. The van der Waals surface area contributed by atoms with Crippen LogP contribution in [0.3, 0.4) is 0 Å². The summed E-state index contributed by atoms with van der Waals surface area (Å²) in [6, 6.07) is 23.8. The topological polar surface area (TPSA) is 87.1 Å². The Balaban J connectivity index is 0.00000289. The molecule has 0 aliphatic rings. The van der Waals surface area contributed by atoms with Gasteiger partial charge in [0.05, 0.1) is 12.7 Å². The third kappa shape index (κ3) is 4.79. The van der Waals surface area contributed by atoms with E-state index in [1.807, 2.05) is 83.7 Å². The molecule has 0 atom stereocenters. The van der Waals surface area contributed by atoms with Crippen LogP contribution in [0, 0.1) is 0 Å². The van der Waals surface area contributed by atoms with Gasteiger partial charge in [-0.05, 0) is 17.7 Å². The molecular weight excluding hydrogens is 428 g/mol. The van der Waals surface area contributed by atoms with Gasteiger partial charge in [-0.3, -0.25) is 5.32 Å². The van der Waals surface area contributed by atoms with Crippen LogP contribution in [0.5, 0.6) is 0 Å². The van der Waals surface area contributed by atoms with Gasteiger partial charge in [-0.25, -0.2) is 9.59 Å². The maximum Gasteiger partial charge on any atom is 0.355 e. The number of methoxy groups -OCH3 is 1. The second-order valence-electron chi connectivity index (χ2n) is 6.68. The van der Waals surface area contributed by atoms with Crippen LogP contribution in [0.15, 0.2) is 91.3 Å². The van der Waals surface area contributed by atoms with E-state index < -0.39 is 12.0 Å². The number of nitrogens with one attached hydrogen (secondary N) is 3. The van der Waals surface area contributed by atoms with Crippen LogP contribution in [-0.2, 0) is 4.74 Å². The minimum absolute atomic E-state index is 0. The Hall–Kier alpha value is -4.10. The van der Waals surface area contributed by atoms with Gasteiger partial charge in [0.2, 0.25) is 0 Å². The van der Waals surface area contributed by atoms with Crippen molar-refractivity contribution in [3.05, 3.63) is 97.0 Å². The number of H-pyrrole nitrogens is 1. The Morgan fingerprint density at radius 3 is 2.06 bits per heavy atom. The summed E-state index contributed by atoms with van der Waals surface area (Å²) >= 11 is 0. The minimum atomic E-state index is -0.534. The molecule has 0 aliphatic carbocycles. The Morgan fingerprint density at radius 2 is 1.44 bits per heavy atom. The van der Waals surface area contributed by atoms with Crippen LogP contribution in [0.4, 0.5) is 16.3 Å². The van der Waals surface area contributed by atoms with Crippen molar-refractivity contribution in [2.24, 2.45) is 0 Å². The minimum Gasteiger partial charge on any atom is -1.00 e. The number of para-hydroxylation sites is 1. The molecule has 7 nitrogen and oxygen atoms in total. The first-order chi connectivity index (χ1) is 15.2. The summed E-state index contributed by atoms with van der Waals surface area (Å²) in [5.74, 6) is -0.169. The average Bonchev–Trinajstić information content (AvgIpc) is 3.19. The zero-order chi connectivity index (χ0) is 21.6. The molecule has 2 heterocycles. The fourth-order valence-corrected chi connectivity index (χ4v) is 3.32. The summed E-state index contributed by atoms with van der Waals surface area (Å²) in [7, 11) is 1.32. The summed E-state index contributed by atoms with van der Waals surface area (Å²) in [4.78, 5) is 28.3. The van der Waals surface area contributed by atoms with Crippen LogP contribution in [0.1, 0.15) is 10.5 Å². The molecule has 2 amide bonds. The number of hydrogen-bond donors (Lipinski definition) is 3. The standard InChI is InChI=1S/C24H20N4O3.ClH/c1-31-23(29)20-19(17-11-5-2-6-12-17)21(28-15-9-4-10-16-28)22(26-20)27-24(30)25-18-13-7-3-8-14-18;/h2-16H,1H3,(H2-,25,26,27,29,30);1H. The molecular formula is C24H21ClN4O3. The highest BCUT2D eigenvalue weighted by molar-refractivity contribution is 6.05. The van der Waals surface area contributed by atoms with Crippen LogP contribution in [0.2, 0.25) is 0 Å². The number of amides is 2. The van der Waals surface area contributed by atoms with E-state index in [0.29, 0.717) is 22.8 Å². The van der Waals surface area contributed by atoms with Gasteiger partial charge < -0.3 is 27.4 Å². The van der Waals surface area contributed by atoms with Crippen molar-refractivity contribution in [1.29, 1.82) is 0 Å². The zero-order valence-corrected chi connectivity index (χ0v) is 18.0. The van der Waals surface area contributed by atoms with E-state index >= 15 is 0 Å². The largest absolute Gasteiger partial charge is 1.00 e. The normalized spacial score (nSPS) is 10.0. The number of halogens is 1. The monoisotopic (exact) mass is 448 g/mol. The first kappa shape index (κ1) is 22.6. The number of ether oxygens (including phenoxy) is 1. The lowest BCUT2D eigenvalue weighted by Gasteiger charge is -2.07. The highest BCUT2D eigenvalue weighted by atomic mass is 35.5. The van der Waals surface area contributed by atoms with E-state index in [4.69, 9.17) is 4.74 Å². The number of carbonyl (C=O) groups excluding carboxylic acids is 2. The average molecular weight is 449 g/mol. The lowest BCUT2D eigenvalue weighted by molar-refractivity contribution is -0.594. The van der Waals surface area contributed by atoms with Crippen molar-refractivity contribution in [1.82, 2.24) is 4.98 Å². The number of aromatic nitrogens is 2. The molecule has 0 unspecified atom stereocenters. The number of rotatable bonds is 5. The van der Waals surface area contributed by atoms with Crippen LogP contribution < -0.4 is 27.6 Å². The molecule has 0 saturated carbocycles. The number of hydrogen-bond acceptors (Lipinski definition) is 3. The maximum absolute atomic E-state index is 12.7. The second kappa shape index (κ2) is 10.3. The molecule has 3 N–H and O–H groups in total. The van der Waals surface area contributed by atoms with Crippen molar-refractivity contribution < 1.29 is 31.3 Å². The van der Waals surface area contributed by atoms with Gasteiger partial charge in [-0.2, -0.15) is 4.57 Å². The van der Waals surface area contributed by atoms with E-state index in [-0.39, 0.29) is 18.1 Å². The summed E-state index contributed by atoms with van der Waals surface area (Å²) < 4.78 is 6.83. The highest BCUT2D eigenvalue weighted by Gasteiger charge is 2.31. The third-order valence-electron chi connectivity index (χ3n) is 4.67. The summed E-state index contributed by atoms with van der Waals surface area (Å²) in [5.41, 5.74) is 2.95. The zero-order valence-electron chi connectivity index (χ0n) is 17.2. The fraction of sp³-hybridized carbons (Fsp3) is 0.0417. The van der Waals surface area contributed by atoms with Crippen LogP contribution in [0.25, 0.3) is 16.8 Å². The Labute approximate surface area is 191 Å². The molecule has 32 heavy (non-hydrogen) atoms. The summed E-state index contributed by atoms with van der Waals surface area (Å²) in [6.07, 6.45) is 3.69. The van der Waals surface area contributed by atoms with Gasteiger partial charge in [-0.15, -0.1) is 0 Å². The van der Waals surface area contributed by atoms with Gasteiger partial charge in [0, 0.05) is 17.8 Å². The first-order valence-corrected chi connectivity index (χ1v) is 9.67. The SMILES string of the molecule is COC(=O)c1[nH]c(NC(=O)Nc2ccccc2)c(-[n+]2ccccc2)c1-c1ccccc1.[Cl-]. The molecule has 0 fully saturated rings. The van der Waals surface area contributed by atoms with Gasteiger partial charge in [0.25, 0.3) is 5.69 Å². The lowest BCUT2D eigenvalue weighted by Crippen LogP contribution is -3.00. The van der Waals surface area contributed by atoms with Crippen molar-refractivity contribution in [2.75, 3.05) is 17.7 Å². The van der Waals surface area contributed by atoms with Crippen molar-refractivity contribution >= 4 is 23.5 Å². The van der Waals surface area contributed by atoms with E-state index in [2.05, 4.69) is 15.6 Å². The molecule has 8 heteroatoms. The van der Waals surface area contributed by atoms with E-state index in [1.165, 1.54) is 7.11 Å². The van der Waals surface area contributed by atoms with Gasteiger partial charge >= 0.3 is 12.0 Å². The fourth-order valence-electron chi connectivity index (χ4n) is 3.32. The molecule has 0 radical (unpaired) electrons. The maximum atomic E-state index is 12.7. The van der Waals surface area contributed by atoms with Crippen molar-refractivity contribution in [3.8, 4) is 16.8 Å². The number of pyridine rings is 1. The molecule has 2 aromatic heterocycles.